The van der Waals surface area contributed by atoms with Crippen molar-refractivity contribution in [3.05, 3.63) is 0 Å². The van der Waals surface area contributed by atoms with Crippen LogP contribution in [0, 0.1) is 5.92 Å². The monoisotopic (exact) mass is 264 g/mol. The highest BCUT2D eigenvalue weighted by atomic mass is 16.2. The molecule has 2 heterocycles. The number of hydrogen-bond acceptors (Lipinski definition) is 2. The number of fused-ring (bicyclic) bond motifs is 1. The second-order valence-corrected chi connectivity index (χ2v) is 6.97. The van der Waals surface area contributed by atoms with E-state index < -0.39 is 0 Å². The predicted molar refractivity (Wildman–Crippen MR) is 77.0 cm³/mol. The van der Waals surface area contributed by atoms with Crippen LogP contribution in [0.1, 0.15) is 64.7 Å². The van der Waals surface area contributed by atoms with Crippen molar-refractivity contribution in [1.29, 1.82) is 0 Å². The maximum atomic E-state index is 13.0. The summed E-state index contributed by atoms with van der Waals surface area (Å²) in [6.45, 7) is 4.13. The number of carbonyl (C=O) groups is 1. The van der Waals surface area contributed by atoms with Crippen molar-refractivity contribution < 1.29 is 4.79 Å². The van der Waals surface area contributed by atoms with Gasteiger partial charge in [0.05, 0.1) is 5.54 Å². The van der Waals surface area contributed by atoms with Crippen molar-refractivity contribution in [2.45, 2.75) is 76.3 Å². The van der Waals surface area contributed by atoms with Crippen LogP contribution in [-0.2, 0) is 4.79 Å². The molecule has 0 aromatic rings. The molecule has 19 heavy (non-hydrogen) atoms. The Hall–Kier alpha value is -0.570. The molecular weight excluding hydrogens is 236 g/mol. The van der Waals surface area contributed by atoms with Gasteiger partial charge >= 0.3 is 0 Å². The SMILES string of the molecule is CC1(C(=O)N2CCC[C@H]3CCCC[C@H]32)CCCCN1. The quantitative estimate of drug-likeness (QED) is 0.790. The van der Waals surface area contributed by atoms with Gasteiger partial charge in [-0.2, -0.15) is 0 Å². The Labute approximate surface area is 117 Å². The highest BCUT2D eigenvalue weighted by Gasteiger charge is 2.43. The normalized spacial score (nSPS) is 39.7. The summed E-state index contributed by atoms with van der Waals surface area (Å²) in [6, 6.07) is 0.551. The Kier molecular flexibility index (Phi) is 3.84. The lowest BCUT2D eigenvalue weighted by atomic mass is 9.77. The molecule has 1 unspecified atom stereocenters. The summed E-state index contributed by atoms with van der Waals surface area (Å²) in [5.74, 6) is 1.18. The fourth-order valence-corrected chi connectivity index (χ4v) is 4.43. The molecule has 0 aromatic heterocycles. The highest BCUT2D eigenvalue weighted by molar-refractivity contribution is 5.86. The highest BCUT2D eigenvalue weighted by Crippen LogP contribution is 2.37. The summed E-state index contributed by atoms with van der Waals surface area (Å²) in [7, 11) is 0. The van der Waals surface area contributed by atoms with Crippen LogP contribution in [0.15, 0.2) is 0 Å². The second-order valence-electron chi connectivity index (χ2n) is 6.97. The molecule has 108 valence electrons. The smallest absolute Gasteiger partial charge is 0.242 e. The first-order valence-corrected chi connectivity index (χ1v) is 8.27. The van der Waals surface area contributed by atoms with E-state index >= 15 is 0 Å². The minimum atomic E-state index is -0.280. The van der Waals surface area contributed by atoms with Gasteiger partial charge in [-0.25, -0.2) is 0 Å². The Morgan fingerprint density at radius 1 is 1.11 bits per heavy atom. The summed E-state index contributed by atoms with van der Waals surface area (Å²) in [5.41, 5.74) is -0.280. The minimum Gasteiger partial charge on any atom is -0.338 e. The fourth-order valence-electron chi connectivity index (χ4n) is 4.43. The molecule has 0 aromatic carbocycles. The van der Waals surface area contributed by atoms with Crippen molar-refractivity contribution in [2.24, 2.45) is 5.92 Å². The van der Waals surface area contributed by atoms with E-state index in [1.165, 1.54) is 51.4 Å². The Bertz CT molecular complexity index is 334. The molecule has 3 fully saturated rings. The van der Waals surface area contributed by atoms with Crippen LogP contribution in [-0.4, -0.2) is 35.5 Å². The average molecular weight is 264 g/mol. The summed E-state index contributed by atoms with van der Waals surface area (Å²) >= 11 is 0. The molecule has 1 aliphatic carbocycles. The number of likely N-dealkylation sites (tertiary alicyclic amines) is 1. The molecule has 2 saturated heterocycles. The van der Waals surface area contributed by atoms with Crippen molar-refractivity contribution in [2.75, 3.05) is 13.1 Å². The number of hydrogen-bond donors (Lipinski definition) is 1. The van der Waals surface area contributed by atoms with Crippen LogP contribution < -0.4 is 5.32 Å². The third-order valence-electron chi connectivity index (χ3n) is 5.59. The maximum absolute atomic E-state index is 13.0. The lowest BCUT2D eigenvalue weighted by Crippen LogP contribution is -2.62. The molecule has 0 bridgehead atoms. The lowest BCUT2D eigenvalue weighted by molar-refractivity contribution is -0.145. The predicted octanol–water partition coefficient (Wildman–Crippen LogP) is 2.70. The van der Waals surface area contributed by atoms with E-state index in [4.69, 9.17) is 0 Å². The number of piperidine rings is 2. The summed E-state index contributed by atoms with van der Waals surface area (Å²) < 4.78 is 0. The Morgan fingerprint density at radius 2 is 1.89 bits per heavy atom. The first kappa shape index (κ1) is 13.4. The lowest BCUT2D eigenvalue weighted by Gasteiger charge is -2.48. The topological polar surface area (TPSA) is 32.3 Å². The molecule has 0 radical (unpaired) electrons. The van der Waals surface area contributed by atoms with Gasteiger partial charge in [-0.3, -0.25) is 4.79 Å². The van der Waals surface area contributed by atoms with E-state index in [1.54, 1.807) is 0 Å². The zero-order valence-corrected chi connectivity index (χ0v) is 12.3. The largest absolute Gasteiger partial charge is 0.338 e. The van der Waals surface area contributed by atoms with Gasteiger partial charge < -0.3 is 10.2 Å². The number of rotatable bonds is 1. The number of nitrogens with one attached hydrogen (secondary N) is 1. The summed E-state index contributed by atoms with van der Waals surface area (Å²) in [4.78, 5) is 15.2. The molecule has 3 atom stereocenters. The standard InChI is InChI=1S/C16H28N2O/c1-16(10-4-5-11-17-16)15(19)18-12-6-8-13-7-2-3-9-14(13)18/h13-14,17H,2-12H2,1H3/t13-,14-,16?/m1/s1. The molecular formula is C16H28N2O. The van der Waals surface area contributed by atoms with Gasteiger partial charge in [0.1, 0.15) is 0 Å². The fraction of sp³-hybridized carbons (Fsp3) is 0.938. The Morgan fingerprint density at radius 3 is 2.68 bits per heavy atom. The summed E-state index contributed by atoms with van der Waals surface area (Å²) in [6.07, 6.45) is 11.3. The molecule has 0 spiro atoms. The zero-order valence-electron chi connectivity index (χ0n) is 12.3. The van der Waals surface area contributed by atoms with E-state index in [0.717, 1.165) is 25.4 Å². The molecule has 1 amide bonds. The molecule has 2 aliphatic heterocycles. The van der Waals surface area contributed by atoms with E-state index in [9.17, 15) is 4.79 Å². The van der Waals surface area contributed by atoms with Gasteiger partial charge in [-0.05, 0) is 64.3 Å². The van der Waals surface area contributed by atoms with E-state index in [1.807, 2.05) is 0 Å². The molecule has 3 rings (SSSR count). The van der Waals surface area contributed by atoms with Crippen LogP contribution in [0.3, 0.4) is 0 Å². The Balaban J connectivity index is 1.74. The first-order valence-electron chi connectivity index (χ1n) is 8.27. The van der Waals surface area contributed by atoms with Crippen molar-refractivity contribution in [3.8, 4) is 0 Å². The van der Waals surface area contributed by atoms with Gasteiger partial charge in [0.25, 0.3) is 0 Å². The molecule has 3 nitrogen and oxygen atoms in total. The number of nitrogens with zero attached hydrogens (tertiary/aromatic N) is 1. The van der Waals surface area contributed by atoms with Gasteiger partial charge in [-0.15, -0.1) is 0 Å². The van der Waals surface area contributed by atoms with Gasteiger partial charge in [0.15, 0.2) is 0 Å². The van der Waals surface area contributed by atoms with Crippen LogP contribution in [0.4, 0.5) is 0 Å². The van der Waals surface area contributed by atoms with Crippen LogP contribution in [0.5, 0.6) is 0 Å². The van der Waals surface area contributed by atoms with Crippen LogP contribution in [0.2, 0.25) is 0 Å². The molecule has 1 saturated carbocycles. The van der Waals surface area contributed by atoms with Gasteiger partial charge in [0.2, 0.25) is 5.91 Å². The molecule has 3 heteroatoms. The third-order valence-corrected chi connectivity index (χ3v) is 5.59. The molecule has 3 aliphatic rings. The van der Waals surface area contributed by atoms with E-state index in [0.29, 0.717) is 11.9 Å². The van der Waals surface area contributed by atoms with Gasteiger partial charge in [0, 0.05) is 12.6 Å². The molecule has 1 N–H and O–H groups in total. The first-order chi connectivity index (χ1) is 9.21. The van der Waals surface area contributed by atoms with E-state index in [-0.39, 0.29) is 5.54 Å². The van der Waals surface area contributed by atoms with Crippen molar-refractivity contribution in [1.82, 2.24) is 10.2 Å². The van der Waals surface area contributed by atoms with Crippen LogP contribution in [0.25, 0.3) is 0 Å². The van der Waals surface area contributed by atoms with Gasteiger partial charge in [-0.1, -0.05) is 12.8 Å². The number of carbonyl (C=O) groups excluding carboxylic acids is 1. The third kappa shape index (κ3) is 2.54. The van der Waals surface area contributed by atoms with Crippen LogP contribution >= 0.6 is 0 Å². The average Bonchev–Trinajstić information content (AvgIpc) is 2.47. The minimum absolute atomic E-state index is 0.280. The number of amides is 1. The second kappa shape index (κ2) is 5.43. The van der Waals surface area contributed by atoms with E-state index in [2.05, 4.69) is 17.1 Å². The van der Waals surface area contributed by atoms with Crippen molar-refractivity contribution in [3.63, 3.8) is 0 Å². The zero-order chi connectivity index (χ0) is 13.3. The summed E-state index contributed by atoms with van der Waals surface area (Å²) in [5, 5.41) is 3.50. The van der Waals surface area contributed by atoms with Crippen molar-refractivity contribution >= 4 is 5.91 Å². The maximum Gasteiger partial charge on any atom is 0.242 e.